The minimum absolute atomic E-state index is 0.00550. The van der Waals surface area contributed by atoms with Gasteiger partial charge in [0.25, 0.3) is 0 Å². The second-order valence-corrected chi connectivity index (χ2v) is 4.41. The van der Waals surface area contributed by atoms with Gasteiger partial charge < -0.3 is 10.4 Å². The predicted octanol–water partition coefficient (Wildman–Crippen LogP) is 2.00. The van der Waals surface area contributed by atoms with Crippen LogP contribution in [-0.4, -0.2) is 18.8 Å². The number of halogens is 2. The van der Waals surface area contributed by atoms with Gasteiger partial charge >= 0.3 is 0 Å². The van der Waals surface area contributed by atoms with Crippen LogP contribution in [-0.2, 0) is 0 Å². The molecule has 1 aromatic rings. The number of hydrogen-bond acceptors (Lipinski definition) is 2. The summed E-state index contributed by atoms with van der Waals surface area (Å²) in [6.45, 7) is -0.00550. The van der Waals surface area contributed by atoms with Gasteiger partial charge in [0, 0.05) is 17.0 Å². The summed E-state index contributed by atoms with van der Waals surface area (Å²) in [7, 11) is 1.70. The molecule has 1 atom stereocenters. The molecule has 2 rings (SSSR count). The van der Waals surface area contributed by atoms with E-state index in [0.717, 1.165) is 25.0 Å². The highest BCUT2D eigenvalue weighted by Crippen LogP contribution is 2.54. The minimum atomic E-state index is -0.453. The maximum absolute atomic E-state index is 13.6. The first kappa shape index (κ1) is 11.5. The van der Waals surface area contributed by atoms with Gasteiger partial charge in [-0.2, -0.15) is 0 Å². The molecule has 2 nitrogen and oxygen atoms in total. The van der Waals surface area contributed by atoms with Gasteiger partial charge in [-0.05, 0) is 38.1 Å². The van der Waals surface area contributed by atoms with Crippen LogP contribution in [0.5, 0.6) is 0 Å². The lowest BCUT2D eigenvalue weighted by Gasteiger charge is -2.25. The van der Waals surface area contributed by atoms with Gasteiger partial charge in [-0.25, -0.2) is 8.78 Å². The monoisotopic (exact) mass is 227 g/mol. The van der Waals surface area contributed by atoms with Crippen molar-refractivity contribution in [2.24, 2.45) is 5.41 Å². The highest BCUT2D eigenvalue weighted by atomic mass is 19.1. The third-order valence-electron chi connectivity index (χ3n) is 3.38. The maximum atomic E-state index is 13.6. The van der Waals surface area contributed by atoms with E-state index in [2.05, 4.69) is 5.32 Å². The zero-order chi connectivity index (χ0) is 11.8. The van der Waals surface area contributed by atoms with Gasteiger partial charge in [-0.1, -0.05) is 0 Å². The Labute approximate surface area is 93.3 Å². The topological polar surface area (TPSA) is 32.3 Å². The molecule has 1 fully saturated rings. The number of rotatable bonds is 4. The molecule has 1 unspecified atom stereocenters. The Balaban J connectivity index is 2.37. The molecule has 16 heavy (non-hydrogen) atoms. The summed E-state index contributed by atoms with van der Waals surface area (Å²) >= 11 is 0. The fourth-order valence-electron chi connectivity index (χ4n) is 2.23. The lowest BCUT2D eigenvalue weighted by molar-refractivity contribution is 0.173. The summed E-state index contributed by atoms with van der Waals surface area (Å²) in [5, 5.41) is 12.3. The molecule has 0 radical (unpaired) electrons. The number of benzene rings is 1. The van der Waals surface area contributed by atoms with Crippen LogP contribution in [0.15, 0.2) is 18.2 Å². The lowest BCUT2D eigenvalue weighted by atomic mass is 9.90. The highest BCUT2D eigenvalue weighted by molar-refractivity contribution is 5.26. The van der Waals surface area contributed by atoms with Gasteiger partial charge in [0.2, 0.25) is 0 Å². The van der Waals surface area contributed by atoms with Crippen molar-refractivity contribution >= 4 is 0 Å². The normalized spacial score (nSPS) is 19.5. The van der Waals surface area contributed by atoms with Crippen molar-refractivity contribution in [3.8, 4) is 0 Å². The first-order chi connectivity index (χ1) is 7.63. The quantitative estimate of drug-likeness (QED) is 0.824. The lowest BCUT2D eigenvalue weighted by Crippen LogP contribution is -2.30. The van der Waals surface area contributed by atoms with Crippen LogP contribution in [0.2, 0.25) is 0 Å². The first-order valence-electron chi connectivity index (χ1n) is 5.36. The summed E-state index contributed by atoms with van der Waals surface area (Å²) in [5.74, 6) is -0.883. The SMILES string of the molecule is CNC(c1cc(F)ccc1F)C1(CO)CC1. The fourth-order valence-corrected chi connectivity index (χ4v) is 2.23. The summed E-state index contributed by atoms with van der Waals surface area (Å²) in [6, 6.07) is 3.10. The van der Waals surface area contributed by atoms with Crippen LogP contribution in [0.1, 0.15) is 24.4 Å². The minimum Gasteiger partial charge on any atom is -0.396 e. The van der Waals surface area contributed by atoms with Crippen LogP contribution in [0, 0.1) is 17.0 Å². The van der Waals surface area contributed by atoms with Crippen molar-refractivity contribution in [3.05, 3.63) is 35.4 Å². The van der Waals surface area contributed by atoms with Crippen LogP contribution in [0.25, 0.3) is 0 Å². The van der Waals surface area contributed by atoms with Gasteiger partial charge in [0.15, 0.2) is 0 Å². The van der Waals surface area contributed by atoms with Crippen LogP contribution < -0.4 is 5.32 Å². The molecule has 2 N–H and O–H groups in total. The first-order valence-corrected chi connectivity index (χ1v) is 5.36. The van der Waals surface area contributed by atoms with Crippen LogP contribution >= 0.6 is 0 Å². The predicted molar refractivity (Wildman–Crippen MR) is 56.9 cm³/mol. The average molecular weight is 227 g/mol. The number of aliphatic hydroxyl groups is 1. The van der Waals surface area contributed by atoms with E-state index >= 15 is 0 Å². The summed E-state index contributed by atoms with van der Waals surface area (Å²) in [4.78, 5) is 0. The van der Waals surface area contributed by atoms with Crippen molar-refractivity contribution in [1.29, 1.82) is 0 Å². The Morgan fingerprint density at radius 2 is 2.12 bits per heavy atom. The van der Waals surface area contributed by atoms with E-state index in [0.29, 0.717) is 5.56 Å². The van der Waals surface area contributed by atoms with Crippen molar-refractivity contribution in [3.63, 3.8) is 0 Å². The van der Waals surface area contributed by atoms with E-state index in [1.165, 1.54) is 6.07 Å². The Morgan fingerprint density at radius 3 is 2.62 bits per heavy atom. The Bertz CT molecular complexity index is 391. The Kier molecular flexibility index (Phi) is 2.95. The number of hydrogen-bond donors (Lipinski definition) is 2. The van der Waals surface area contributed by atoms with E-state index in [4.69, 9.17) is 0 Å². The molecular formula is C12H15F2NO. The molecule has 0 amide bonds. The molecule has 0 aliphatic heterocycles. The molecule has 0 saturated heterocycles. The summed E-state index contributed by atoms with van der Waals surface area (Å²) < 4.78 is 26.7. The number of nitrogens with one attached hydrogen (secondary N) is 1. The van der Waals surface area contributed by atoms with E-state index in [-0.39, 0.29) is 18.1 Å². The van der Waals surface area contributed by atoms with E-state index in [9.17, 15) is 13.9 Å². The molecule has 0 heterocycles. The molecule has 88 valence electrons. The third-order valence-corrected chi connectivity index (χ3v) is 3.38. The van der Waals surface area contributed by atoms with Crippen molar-refractivity contribution in [1.82, 2.24) is 5.32 Å². The largest absolute Gasteiger partial charge is 0.396 e. The van der Waals surface area contributed by atoms with Crippen LogP contribution in [0.4, 0.5) is 8.78 Å². The van der Waals surface area contributed by atoms with Crippen molar-refractivity contribution < 1.29 is 13.9 Å². The molecule has 1 aliphatic rings. The zero-order valence-electron chi connectivity index (χ0n) is 9.13. The molecule has 1 aromatic carbocycles. The molecular weight excluding hydrogens is 212 g/mol. The maximum Gasteiger partial charge on any atom is 0.128 e. The average Bonchev–Trinajstić information content (AvgIpc) is 3.05. The fraction of sp³-hybridized carbons (Fsp3) is 0.500. The number of aliphatic hydroxyl groups excluding tert-OH is 1. The van der Waals surface area contributed by atoms with E-state index in [1.54, 1.807) is 7.05 Å². The van der Waals surface area contributed by atoms with Crippen molar-refractivity contribution in [2.45, 2.75) is 18.9 Å². The van der Waals surface area contributed by atoms with Gasteiger partial charge in [-0.3, -0.25) is 0 Å². The standard InChI is InChI=1S/C12H15F2NO/c1-15-11(12(7-16)4-5-12)9-6-8(13)2-3-10(9)14/h2-3,6,11,15-16H,4-5,7H2,1H3. The summed E-state index contributed by atoms with van der Waals surface area (Å²) in [5.41, 5.74) is -0.0160. The smallest absolute Gasteiger partial charge is 0.128 e. The zero-order valence-corrected chi connectivity index (χ0v) is 9.13. The second kappa shape index (κ2) is 4.11. The Hall–Kier alpha value is -1.00. The molecule has 4 heteroatoms. The molecule has 1 aliphatic carbocycles. The molecule has 0 spiro atoms. The van der Waals surface area contributed by atoms with Gasteiger partial charge in [-0.15, -0.1) is 0 Å². The van der Waals surface area contributed by atoms with Gasteiger partial charge in [0.05, 0.1) is 6.61 Å². The molecule has 0 bridgehead atoms. The Morgan fingerprint density at radius 1 is 1.44 bits per heavy atom. The summed E-state index contributed by atoms with van der Waals surface area (Å²) in [6.07, 6.45) is 1.68. The molecule has 0 aromatic heterocycles. The van der Waals surface area contributed by atoms with Gasteiger partial charge in [0.1, 0.15) is 11.6 Å². The third kappa shape index (κ3) is 1.83. The van der Waals surface area contributed by atoms with Crippen molar-refractivity contribution in [2.75, 3.05) is 13.7 Å². The van der Waals surface area contributed by atoms with Crippen LogP contribution in [0.3, 0.4) is 0 Å². The second-order valence-electron chi connectivity index (χ2n) is 4.41. The van der Waals surface area contributed by atoms with E-state index in [1.807, 2.05) is 0 Å². The molecule has 1 saturated carbocycles. The van der Waals surface area contributed by atoms with E-state index < -0.39 is 11.6 Å². The highest BCUT2D eigenvalue weighted by Gasteiger charge is 2.49.